The lowest BCUT2D eigenvalue weighted by molar-refractivity contribution is -0.231. The molecule has 2 fully saturated rings. The number of aliphatic hydroxyl groups excluding tert-OH is 1. The molecule has 2 saturated heterocycles. The number of benzene rings is 1. The Hall–Kier alpha value is -1.51. The molecule has 1 aromatic rings. The smallest absolute Gasteiger partial charge is 0.308 e. The summed E-state index contributed by atoms with van der Waals surface area (Å²) < 4.78 is 28.4. The number of esters is 1. The van der Waals surface area contributed by atoms with Crippen molar-refractivity contribution in [3.63, 3.8) is 0 Å². The molecule has 2 aliphatic rings. The van der Waals surface area contributed by atoms with E-state index in [9.17, 15) is 9.90 Å². The third-order valence-electron chi connectivity index (χ3n) is 4.37. The summed E-state index contributed by atoms with van der Waals surface area (Å²) in [4.78, 5) is 11.7. The van der Waals surface area contributed by atoms with Crippen LogP contribution < -0.4 is 0 Å². The molecule has 1 aromatic carbocycles. The van der Waals surface area contributed by atoms with Crippen molar-refractivity contribution in [2.75, 3.05) is 6.61 Å². The van der Waals surface area contributed by atoms with Crippen molar-refractivity contribution in [1.29, 1.82) is 0 Å². The molecular weight excluding hydrogens is 340 g/mol. The van der Waals surface area contributed by atoms with Crippen LogP contribution in [0, 0.1) is 0 Å². The Morgan fingerprint density at radius 1 is 1.27 bits per heavy atom. The Morgan fingerprint density at radius 2 is 2.00 bits per heavy atom. The maximum Gasteiger partial charge on any atom is 0.308 e. The first-order chi connectivity index (χ1) is 12.4. The van der Waals surface area contributed by atoms with Gasteiger partial charge in [-0.25, -0.2) is 0 Å². The summed E-state index contributed by atoms with van der Waals surface area (Å²) in [6.45, 7) is 5.91. The van der Waals surface area contributed by atoms with Gasteiger partial charge < -0.3 is 28.8 Å². The first-order valence-electron chi connectivity index (χ1n) is 8.90. The van der Waals surface area contributed by atoms with Gasteiger partial charge in [-0.15, -0.1) is 0 Å². The van der Waals surface area contributed by atoms with Gasteiger partial charge in [0.2, 0.25) is 0 Å². The van der Waals surface area contributed by atoms with Gasteiger partial charge in [-0.05, 0) is 26.3 Å². The molecule has 0 amide bonds. The van der Waals surface area contributed by atoms with Gasteiger partial charge in [0.05, 0.1) is 25.7 Å². The third-order valence-corrected chi connectivity index (χ3v) is 4.37. The predicted octanol–water partition coefficient (Wildman–Crippen LogP) is 1.76. The van der Waals surface area contributed by atoms with Gasteiger partial charge in [0, 0.05) is 0 Å². The van der Waals surface area contributed by atoms with Crippen LogP contribution in [0.5, 0.6) is 0 Å². The minimum absolute atomic E-state index is 0.174. The van der Waals surface area contributed by atoms with E-state index in [1.807, 2.05) is 30.3 Å². The third kappa shape index (κ3) is 4.42. The Labute approximate surface area is 153 Å². The number of rotatable bonds is 7. The molecule has 5 atom stereocenters. The Balaban J connectivity index is 1.69. The van der Waals surface area contributed by atoms with E-state index in [0.29, 0.717) is 6.61 Å². The van der Waals surface area contributed by atoms with E-state index in [0.717, 1.165) is 5.56 Å². The summed E-state index contributed by atoms with van der Waals surface area (Å²) in [5.74, 6) is -1.27. The van der Waals surface area contributed by atoms with Crippen LogP contribution in [0.4, 0.5) is 0 Å². The van der Waals surface area contributed by atoms with Crippen molar-refractivity contribution >= 4 is 5.97 Å². The van der Waals surface area contributed by atoms with Gasteiger partial charge in [-0.2, -0.15) is 0 Å². The predicted molar refractivity (Wildman–Crippen MR) is 91.0 cm³/mol. The van der Waals surface area contributed by atoms with Crippen molar-refractivity contribution < 1.29 is 33.6 Å². The minimum atomic E-state index is -1.07. The number of carbonyl (C=O) groups excluding carboxylic acids is 1. The summed E-state index contributed by atoms with van der Waals surface area (Å²) in [7, 11) is 0. The van der Waals surface area contributed by atoms with E-state index in [2.05, 4.69) is 0 Å². The molecule has 0 bridgehead atoms. The Morgan fingerprint density at radius 3 is 2.69 bits per heavy atom. The van der Waals surface area contributed by atoms with E-state index in [-0.39, 0.29) is 13.0 Å². The van der Waals surface area contributed by atoms with Gasteiger partial charge in [0.15, 0.2) is 12.1 Å². The maximum atomic E-state index is 11.7. The summed E-state index contributed by atoms with van der Waals surface area (Å²) >= 11 is 0. The van der Waals surface area contributed by atoms with Gasteiger partial charge in [0.25, 0.3) is 0 Å². The van der Waals surface area contributed by atoms with Crippen LogP contribution in [0.1, 0.15) is 32.8 Å². The van der Waals surface area contributed by atoms with Crippen LogP contribution in [-0.4, -0.2) is 54.2 Å². The lowest BCUT2D eigenvalue weighted by Crippen LogP contribution is -2.43. The monoisotopic (exact) mass is 366 g/mol. The van der Waals surface area contributed by atoms with Crippen LogP contribution >= 0.6 is 0 Å². The normalized spacial score (nSPS) is 30.8. The second kappa shape index (κ2) is 8.02. The summed E-state index contributed by atoms with van der Waals surface area (Å²) in [6, 6.07) is 9.69. The molecule has 0 radical (unpaired) electrons. The highest BCUT2D eigenvalue weighted by molar-refractivity contribution is 5.70. The van der Waals surface area contributed by atoms with Crippen molar-refractivity contribution in [3.8, 4) is 0 Å². The lowest BCUT2D eigenvalue weighted by atomic mass is 10.0. The fourth-order valence-corrected chi connectivity index (χ4v) is 3.28. The first-order valence-corrected chi connectivity index (χ1v) is 8.90. The molecule has 2 heterocycles. The molecule has 7 nitrogen and oxygen atoms in total. The Bertz CT molecular complexity index is 603. The Kier molecular flexibility index (Phi) is 5.94. The van der Waals surface area contributed by atoms with Crippen molar-refractivity contribution in [2.24, 2.45) is 0 Å². The molecule has 0 aliphatic carbocycles. The summed E-state index contributed by atoms with van der Waals surface area (Å²) in [6.07, 6.45) is -3.67. The quantitative estimate of drug-likeness (QED) is 0.736. The standard InChI is InChI=1S/C19H26O7/c1-4-22-14(21)10-13(20)15-16(23-11-12-8-6-5-7-9-12)17-18(24-15)26-19(2,3)25-17/h5-9,13,15-18,20H,4,10-11H2,1-3H3/t13?,15-,16-,17-,18-/m1/s1. The van der Waals surface area contributed by atoms with Gasteiger partial charge >= 0.3 is 5.97 Å². The van der Waals surface area contributed by atoms with Crippen LogP contribution in [0.3, 0.4) is 0 Å². The zero-order valence-corrected chi connectivity index (χ0v) is 15.3. The number of carbonyl (C=O) groups is 1. The topological polar surface area (TPSA) is 83.5 Å². The van der Waals surface area contributed by atoms with Gasteiger partial charge in [0.1, 0.15) is 18.3 Å². The molecule has 144 valence electrons. The molecule has 1 N–H and O–H groups in total. The van der Waals surface area contributed by atoms with E-state index < -0.39 is 42.5 Å². The number of aliphatic hydroxyl groups is 1. The minimum Gasteiger partial charge on any atom is -0.466 e. The first kappa shape index (κ1) is 19.3. The number of ether oxygens (including phenoxy) is 5. The average molecular weight is 366 g/mol. The van der Waals surface area contributed by atoms with E-state index >= 15 is 0 Å². The molecule has 0 saturated carbocycles. The maximum absolute atomic E-state index is 11.7. The van der Waals surface area contributed by atoms with Crippen molar-refractivity contribution in [3.05, 3.63) is 35.9 Å². The molecular formula is C19H26O7. The average Bonchev–Trinajstić information content (AvgIpc) is 3.06. The zero-order valence-electron chi connectivity index (χ0n) is 15.3. The van der Waals surface area contributed by atoms with E-state index in [4.69, 9.17) is 23.7 Å². The van der Waals surface area contributed by atoms with Crippen LogP contribution in [0.25, 0.3) is 0 Å². The molecule has 26 heavy (non-hydrogen) atoms. The zero-order chi connectivity index (χ0) is 18.7. The van der Waals surface area contributed by atoms with E-state index in [1.165, 1.54) is 0 Å². The molecule has 7 heteroatoms. The molecule has 1 unspecified atom stereocenters. The van der Waals surface area contributed by atoms with Crippen LogP contribution in [0.15, 0.2) is 30.3 Å². The largest absolute Gasteiger partial charge is 0.466 e. The molecule has 2 aliphatic heterocycles. The van der Waals surface area contributed by atoms with Gasteiger partial charge in [-0.3, -0.25) is 4.79 Å². The lowest BCUT2D eigenvalue weighted by Gasteiger charge is -2.28. The van der Waals surface area contributed by atoms with Crippen LogP contribution in [-0.2, 0) is 35.1 Å². The highest BCUT2D eigenvalue weighted by Crippen LogP contribution is 2.40. The molecule has 3 rings (SSSR count). The fourth-order valence-electron chi connectivity index (χ4n) is 3.28. The SMILES string of the molecule is CCOC(=O)CC(O)[C@H]1O[C@@H]2OC(C)(C)O[C@@H]2[C@@H]1OCc1ccccc1. The second-order valence-corrected chi connectivity index (χ2v) is 6.91. The molecule has 0 aromatic heterocycles. The number of hydrogen-bond acceptors (Lipinski definition) is 7. The number of fused-ring (bicyclic) bond motifs is 1. The fraction of sp³-hybridized carbons (Fsp3) is 0.632. The van der Waals surface area contributed by atoms with Crippen molar-refractivity contribution in [1.82, 2.24) is 0 Å². The van der Waals surface area contributed by atoms with Gasteiger partial charge in [-0.1, -0.05) is 30.3 Å². The number of hydrogen-bond donors (Lipinski definition) is 1. The second-order valence-electron chi connectivity index (χ2n) is 6.91. The highest BCUT2D eigenvalue weighted by Gasteiger charge is 2.57. The highest BCUT2D eigenvalue weighted by atomic mass is 16.8. The summed E-state index contributed by atoms with van der Waals surface area (Å²) in [5.41, 5.74) is 0.993. The van der Waals surface area contributed by atoms with Crippen molar-refractivity contribution in [2.45, 2.75) is 70.3 Å². The van der Waals surface area contributed by atoms with Crippen LogP contribution in [0.2, 0.25) is 0 Å². The summed E-state index contributed by atoms with van der Waals surface area (Å²) in [5, 5.41) is 10.5. The molecule has 0 spiro atoms. The van der Waals surface area contributed by atoms with E-state index in [1.54, 1.807) is 20.8 Å².